The molecule has 0 aromatic carbocycles. The van der Waals surface area contributed by atoms with Gasteiger partial charge < -0.3 is 4.74 Å². The number of alkyl halides is 3. The summed E-state index contributed by atoms with van der Waals surface area (Å²) in [6.45, 7) is 4.24. The Labute approximate surface area is 133 Å². The van der Waals surface area contributed by atoms with Crippen molar-refractivity contribution < 1.29 is 27.2 Å². The highest BCUT2D eigenvalue weighted by Gasteiger charge is 2.33. The Hall–Kier alpha value is -2.72. The first-order chi connectivity index (χ1) is 11.0. The zero-order valence-electron chi connectivity index (χ0n) is 12.9. The van der Waals surface area contributed by atoms with E-state index in [1.807, 2.05) is 0 Å². The van der Waals surface area contributed by atoms with Gasteiger partial charge in [0.15, 0.2) is 6.73 Å². The summed E-state index contributed by atoms with van der Waals surface area (Å²) in [7, 11) is 0. The van der Waals surface area contributed by atoms with E-state index in [1.54, 1.807) is 20.8 Å². The molecule has 2 aromatic heterocycles. The van der Waals surface area contributed by atoms with Crippen LogP contribution in [0.5, 0.6) is 0 Å². The van der Waals surface area contributed by atoms with Crippen LogP contribution in [0.2, 0.25) is 0 Å². The third-order valence-electron chi connectivity index (χ3n) is 2.81. The number of aromatic nitrogens is 4. The first-order valence-electron chi connectivity index (χ1n) is 6.63. The van der Waals surface area contributed by atoms with Gasteiger partial charge in [-0.1, -0.05) is 5.16 Å². The Balaban J connectivity index is 2.34. The van der Waals surface area contributed by atoms with Crippen LogP contribution < -0.4 is 5.76 Å². The second-order valence-electron chi connectivity index (χ2n) is 5.80. The van der Waals surface area contributed by atoms with Gasteiger partial charge >= 0.3 is 17.9 Å². The van der Waals surface area contributed by atoms with E-state index in [1.165, 1.54) is 0 Å². The maximum Gasteiger partial charge on any atom is 0.444 e. The minimum absolute atomic E-state index is 0.296. The summed E-state index contributed by atoms with van der Waals surface area (Å²) >= 11 is 0. The molecule has 2 heterocycles. The summed E-state index contributed by atoms with van der Waals surface area (Å²) in [4.78, 5) is 30.1. The van der Waals surface area contributed by atoms with Crippen molar-refractivity contribution in [1.82, 2.24) is 19.7 Å². The minimum Gasteiger partial charge on any atom is -0.443 e. The van der Waals surface area contributed by atoms with E-state index >= 15 is 0 Å². The number of carbonyl (C=O) groups excluding carboxylic acids is 1. The predicted octanol–water partition coefficient (Wildman–Crippen LogP) is 1.86. The molecule has 0 fully saturated rings. The molecule has 0 saturated carbocycles. The summed E-state index contributed by atoms with van der Waals surface area (Å²) in [5.74, 6) is -1.92. The molecular weight excluding hydrogens is 333 g/mol. The number of hydrogen-bond donors (Lipinski definition) is 0. The molecule has 0 saturated heterocycles. The molecule has 2 rings (SSSR count). The standard InChI is InChI=1S/C13H13F3N4O4/c1-12(2,3)10(21)23-6-20-9(19-24-11(20)22)7-4-8(13(14,15)16)18-5-17-7/h4-5H,6H2,1-3H3. The molecule has 8 nitrogen and oxygen atoms in total. The van der Waals surface area contributed by atoms with Crippen LogP contribution in [-0.2, 0) is 22.4 Å². The van der Waals surface area contributed by atoms with Gasteiger partial charge in [0, 0.05) is 0 Å². The topological polar surface area (TPSA) is 100 Å². The second-order valence-corrected chi connectivity index (χ2v) is 5.80. The average molecular weight is 346 g/mol. The lowest BCUT2D eigenvalue weighted by Crippen LogP contribution is -2.27. The van der Waals surface area contributed by atoms with Crippen LogP contribution in [0.25, 0.3) is 11.5 Å². The van der Waals surface area contributed by atoms with Crippen molar-refractivity contribution in [2.45, 2.75) is 33.7 Å². The van der Waals surface area contributed by atoms with E-state index in [0.717, 1.165) is 4.57 Å². The van der Waals surface area contributed by atoms with Gasteiger partial charge in [-0.3, -0.25) is 9.32 Å². The maximum absolute atomic E-state index is 12.7. The molecule has 0 radical (unpaired) electrons. The fourth-order valence-corrected chi connectivity index (χ4v) is 1.54. The van der Waals surface area contributed by atoms with E-state index in [2.05, 4.69) is 19.6 Å². The van der Waals surface area contributed by atoms with Crippen LogP contribution in [-0.4, -0.2) is 25.7 Å². The normalized spacial score (nSPS) is 12.2. The molecule has 130 valence electrons. The summed E-state index contributed by atoms with van der Waals surface area (Å²) in [5, 5.41) is 3.38. The number of carbonyl (C=O) groups is 1. The fourth-order valence-electron chi connectivity index (χ4n) is 1.54. The van der Waals surface area contributed by atoms with Crippen molar-refractivity contribution in [1.29, 1.82) is 0 Å². The number of ether oxygens (including phenoxy) is 1. The Kier molecular flexibility index (Phi) is 4.45. The average Bonchev–Trinajstić information content (AvgIpc) is 2.84. The Morgan fingerprint density at radius 3 is 2.54 bits per heavy atom. The van der Waals surface area contributed by atoms with Gasteiger partial charge in [0.25, 0.3) is 0 Å². The first kappa shape index (κ1) is 17.6. The van der Waals surface area contributed by atoms with Gasteiger partial charge in [0.2, 0.25) is 5.82 Å². The Bertz CT molecular complexity index is 805. The molecule has 2 aromatic rings. The van der Waals surface area contributed by atoms with E-state index in [0.29, 0.717) is 12.4 Å². The van der Waals surface area contributed by atoms with E-state index in [-0.39, 0.29) is 11.5 Å². The molecule has 0 unspecified atom stereocenters. The second kappa shape index (κ2) is 6.06. The van der Waals surface area contributed by atoms with Crippen molar-refractivity contribution >= 4 is 5.97 Å². The van der Waals surface area contributed by atoms with Gasteiger partial charge in [-0.2, -0.15) is 13.2 Å². The fraction of sp³-hybridized carbons (Fsp3) is 0.462. The third kappa shape index (κ3) is 3.78. The first-order valence-corrected chi connectivity index (χ1v) is 6.63. The van der Waals surface area contributed by atoms with Crippen LogP contribution in [0.15, 0.2) is 21.7 Å². The molecule has 0 amide bonds. The van der Waals surface area contributed by atoms with Crippen molar-refractivity contribution in [2.24, 2.45) is 5.41 Å². The van der Waals surface area contributed by atoms with Crippen molar-refractivity contribution in [3.63, 3.8) is 0 Å². The summed E-state index contributed by atoms with van der Waals surface area (Å²) in [6.07, 6.45) is -4.01. The van der Waals surface area contributed by atoms with Crippen LogP contribution in [0.1, 0.15) is 26.5 Å². The number of halogens is 3. The SMILES string of the molecule is CC(C)(C)C(=O)OCn1c(-c2cc(C(F)(F)F)ncn2)noc1=O. The quantitative estimate of drug-likeness (QED) is 0.782. The lowest BCUT2D eigenvalue weighted by molar-refractivity contribution is -0.157. The molecule has 0 spiro atoms. The van der Waals surface area contributed by atoms with Crippen LogP contribution >= 0.6 is 0 Å². The number of esters is 1. The van der Waals surface area contributed by atoms with Crippen LogP contribution in [0.4, 0.5) is 13.2 Å². The smallest absolute Gasteiger partial charge is 0.443 e. The van der Waals surface area contributed by atoms with Crippen LogP contribution in [0, 0.1) is 5.41 Å². The Morgan fingerprint density at radius 1 is 1.29 bits per heavy atom. The molecule has 0 N–H and O–H groups in total. The van der Waals surface area contributed by atoms with Crippen LogP contribution in [0.3, 0.4) is 0 Å². The molecule has 0 bridgehead atoms. The molecule has 0 atom stereocenters. The van der Waals surface area contributed by atoms with Crippen molar-refractivity contribution in [2.75, 3.05) is 0 Å². The van der Waals surface area contributed by atoms with E-state index in [9.17, 15) is 22.8 Å². The Morgan fingerprint density at radius 2 is 1.96 bits per heavy atom. The predicted molar refractivity (Wildman–Crippen MR) is 72.3 cm³/mol. The van der Waals surface area contributed by atoms with Crippen molar-refractivity contribution in [3.05, 3.63) is 28.6 Å². The number of nitrogens with zero attached hydrogens (tertiary/aromatic N) is 4. The molecule has 0 aliphatic carbocycles. The summed E-state index contributed by atoms with van der Waals surface area (Å²) < 4.78 is 48.2. The molecule has 11 heteroatoms. The summed E-state index contributed by atoms with van der Waals surface area (Å²) in [5.41, 5.74) is -2.32. The lowest BCUT2D eigenvalue weighted by atomic mass is 9.98. The molecule has 24 heavy (non-hydrogen) atoms. The third-order valence-corrected chi connectivity index (χ3v) is 2.81. The van der Waals surface area contributed by atoms with Gasteiger partial charge in [0.05, 0.1) is 5.41 Å². The van der Waals surface area contributed by atoms with Gasteiger partial charge in [-0.25, -0.2) is 19.3 Å². The lowest BCUT2D eigenvalue weighted by Gasteiger charge is -2.16. The minimum atomic E-state index is -4.69. The summed E-state index contributed by atoms with van der Waals surface area (Å²) in [6, 6.07) is 0.610. The van der Waals surface area contributed by atoms with Gasteiger partial charge in [-0.15, -0.1) is 0 Å². The highest BCUT2D eigenvalue weighted by molar-refractivity contribution is 5.75. The zero-order valence-corrected chi connectivity index (χ0v) is 12.9. The zero-order chi connectivity index (χ0) is 18.1. The van der Waals surface area contributed by atoms with Gasteiger partial charge in [-0.05, 0) is 26.8 Å². The highest BCUT2D eigenvalue weighted by atomic mass is 19.4. The molecule has 0 aliphatic rings. The largest absolute Gasteiger partial charge is 0.444 e. The van der Waals surface area contributed by atoms with Gasteiger partial charge in [0.1, 0.15) is 17.7 Å². The molecule has 0 aliphatic heterocycles. The molecular formula is C13H13F3N4O4. The highest BCUT2D eigenvalue weighted by Crippen LogP contribution is 2.29. The van der Waals surface area contributed by atoms with E-state index in [4.69, 9.17) is 4.74 Å². The maximum atomic E-state index is 12.7. The monoisotopic (exact) mass is 346 g/mol. The number of hydrogen-bond acceptors (Lipinski definition) is 7. The van der Waals surface area contributed by atoms with E-state index < -0.39 is 35.7 Å². The number of rotatable bonds is 3. The van der Waals surface area contributed by atoms with Crippen molar-refractivity contribution in [3.8, 4) is 11.5 Å².